The van der Waals surface area contributed by atoms with Crippen molar-refractivity contribution in [2.45, 2.75) is 54.9 Å². The minimum atomic E-state index is -1.98. The molecule has 14 heteroatoms. The molecule has 0 unspecified atom stereocenters. The Labute approximate surface area is 224 Å². The van der Waals surface area contributed by atoms with Gasteiger partial charge in [-0.15, -0.1) is 0 Å². The van der Waals surface area contributed by atoms with E-state index in [1.807, 2.05) is 0 Å². The maximum Gasteiger partial charge on any atom is 0.197 e. The normalized spacial score (nSPS) is 32.8. The Morgan fingerprint density at radius 1 is 0.775 bits per heavy atom. The Hall–Kier alpha value is -3.31. The van der Waals surface area contributed by atoms with Gasteiger partial charge >= 0.3 is 0 Å². The zero-order chi connectivity index (χ0) is 29.0. The van der Waals surface area contributed by atoms with Crippen molar-refractivity contribution < 1.29 is 65.0 Å². The minimum Gasteiger partial charge on any atom is -0.508 e. The fourth-order valence-corrected chi connectivity index (χ4v) is 5.11. The first kappa shape index (κ1) is 28.2. The van der Waals surface area contributed by atoms with Crippen molar-refractivity contribution in [2.75, 3.05) is 13.2 Å². The predicted octanol–water partition coefficient (Wildman–Crippen LogP) is -1.75. The molecule has 2 aliphatic heterocycles. The highest BCUT2D eigenvalue weighted by Gasteiger charge is 2.48. The van der Waals surface area contributed by atoms with Gasteiger partial charge in [-0.2, -0.15) is 0 Å². The average molecular weight is 564 g/mol. The van der Waals surface area contributed by atoms with Crippen LogP contribution in [0, 0.1) is 0 Å². The molecule has 0 radical (unpaired) electrons. The van der Waals surface area contributed by atoms with Crippen LogP contribution >= 0.6 is 0 Å². The summed E-state index contributed by atoms with van der Waals surface area (Å²) < 4.78 is 16.9. The number of aromatic hydroxyl groups is 3. The van der Waals surface area contributed by atoms with Gasteiger partial charge in [0.25, 0.3) is 0 Å². The molecule has 10 N–H and O–H groups in total. The van der Waals surface area contributed by atoms with Gasteiger partial charge in [0.2, 0.25) is 0 Å². The standard InChI is InChI=1S/C26H28O14/c27-6-13-18(32)21(35)23(37)26(40-13)15-19(33)14-10(29)5-12(8-1-3-9(28)4-2-8)39-24(14)16(20(15)34)25-22(36)17(31)11(30)7-38-25/h1-5,11,13,17-18,21-23,25-28,30-37H,6-7H2/t11-,13-,17+,18-,21-,22+,23+,25+,26-/m0/s1. The molecule has 14 nitrogen and oxygen atoms in total. The number of aliphatic hydroxyl groups excluding tert-OH is 7. The van der Waals surface area contributed by atoms with E-state index in [0.717, 1.165) is 6.07 Å². The second-order valence-corrected chi connectivity index (χ2v) is 9.80. The van der Waals surface area contributed by atoms with Crippen LogP contribution in [0.3, 0.4) is 0 Å². The van der Waals surface area contributed by atoms with Gasteiger partial charge in [-0.1, -0.05) is 0 Å². The van der Waals surface area contributed by atoms with E-state index in [1.165, 1.54) is 24.3 Å². The molecule has 2 aliphatic rings. The van der Waals surface area contributed by atoms with Gasteiger partial charge in [0.05, 0.1) is 24.3 Å². The molecule has 40 heavy (non-hydrogen) atoms. The summed E-state index contributed by atoms with van der Waals surface area (Å²) in [5.74, 6) is -2.01. The number of hydrogen-bond acceptors (Lipinski definition) is 14. The highest BCUT2D eigenvalue weighted by Crippen LogP contribution is 2.50. The SMILES string of the molecule is O=c1cc(-c2ccc(O)cc2)oc2c([C@H]3OC[C@H](O)[C@@H](O)[C@H]3O)c(O)c([C@@H]3O[C@@H](CO)[C@H](O)[C@H](O)[C@H]3O)c(O)c12. The molecule has 0 spiro atoms. The van der Waals surface area contributed by atoms with Gasteiger partial charge in [0.15, 0.2) is 11.0 Å². The predicted molar refractivity (Wildman–Crippen MR) is 132 cm³/mol. The van der Waals surface area contributed by atoms with Crippen LogP contribution in [0.4, 0.5) is 0 Å². The summed E-state index contributed by atoms with van der Waals surface area (Å²) in [5, 5.41) is 104. The molecular weight excluding hydrogens is 536 g/mol. The highest BCUT2D eigenvalue weighted by molar-refractivity contribution is 5.92. The molecule has 2 saturated heterocycles. The molecule has 1 aromatic heterocycles. The number of fused-ring (bicyclic) bond motifs is 1. The molecule has 0 saturated carbocycles. The molecule has 0 amide bonds. The van der Waals surface area contributed by atoms with Gasteiger partial charge in [-0.3, -0.25) is 4.79 Å². The molecule has 5 rings (SSSR count). The lowest BCUT2D eigenvalue weighted by Crippen LogP contribution is -2.55. The summed E-state index contributed by atoms with van der Waals surface area (Å²) in [6.07, 6.45) is -15.7. The molecular formula is C26H28O14. The summed E-state index contributed by atoms with van der Waals surface area (Å²) in [6.45, 7) is -1.34. The number of benzene rings is 2. The zero-order valence-corrected chi connectivity index (χ0v) is 20.6. The maximum absolute atomic E-state index is 13.4. The van der Waals surface area contributed by atoms with Crippen LogP contribution in [0.1, 0.15) is 23.3 Å². The third kappa shape index (κ3) is 4.49. The van der Waals surface area contributed by atoms with Gasteiger partial charge in [-0.25, -0.2) is 0 Å². The highest BCUT2D eigenvalue weighted by atomic mass is 16.5. The summed E-state index contributed by atoms with van der Waals surface area (Å²) >= 11 is 0. The van der Waals surface area contributed by atoms with E-state index in [4.69, 9.17) is 13.9 Å². The zero-order valence-electron chi connectivity index (χ0n) is 20.6. The largest absolute Gasteiger partial charge is 0.508 e. The lowest BCUT2D eigenvalue weighted by Gasteiger charge is -2.41. The van der Waals surface area contributed by atoms with E-state index in [9.17, 15) is 55.9 Å². The molecule has 3 heterocycles. The van der Waals surface area contributed by atoms with Gasteiger partial charge < -0.3 is 65.0 Å². The number of phenolic OH excluding ortho intramolecular Hbond substituents is 3. The topological polar surface area (TPSA) is 251 Å². The van der Waals surface area contributed by atoms with E-state index < -0.39 is 107 Å². The van der Waals surface area contributed by atoms with Crippen LogP contribution in [0.25, 0.3) is 22.3 Å². The van der Waals surface area contributed by atoms with E-state index in [2.05, 4.69) is 0 Å². The van der Waals surface area contributed by atoms with Crippen molar-refractivity contribution >= 4 is 11.0 Å². The van der Waals surface area contributed by atoms with E-state index in [0.29, 0.717) is 5.56 Å². The van der Waals surface area contributed by atoms with Gasteiger partial charge in [0, 0.05) is 11.6 Å². The minimum absolute atomic E-state index is 0.0710. The number of phenols is 3. The summed E-state index contributed by atoms with van der Waals surface area (Å²) in [5.41, 5.74) is -2.15. The molecule has 2 aromatic carbocycles. The number of hydrogen-bond donors (Lipinski definition) is 10. The first-order chi connectivity index (χ1) is 19.0. The molecule has 9 atom stereocenters. The Bertz CT molecular complexity index is 1450. The van der Waals surface area contributed by atoms with Gasteiger partial charge in [-0.05, 0) is 24.3 Å². The lowest BCUT2D eigenvalue weighted by molar-refractivity contribution is -0.232. The summed E-state index contributed by atoms with van der Waals surface area (Å²) in [6, 6.07) is 6.50. The van der Waals surface area contributed by atoms with Crippen molar-refractivity contribution in [2.24, 2.45) is 0 Å². The van der Waals surface area contributed by atoms with E-state index >= 15 is 0 Å². The smallest absolute Gasteiger partial charge is 0.197 e. The van der Waals surface area contributed by atoms with Crippen LogP contribution in [-0.2, 0) is 9.47 Å². The summed E-state index contributed by atoms with van der Waals surface area (Å²) in [4.78, 5) is 13.4. The quantitative estimate of drug-likeness (QED) is 0.169. The molecule has 2 fully saturated rings. The molecule has 216 valence electrons. The van der Waals surface area contributed by atoms with Crippen LogP contribution in [0.15, 0.2) is 39.5 Å². The maximum atomic E-state index is 13.4. The van der Waals surface area contributed by atoms with Crippen molar-refractivity contribution in [3.8, 4) is 28.6 Å². The fourth-order valence-electron chi connectivity index (χ4n) is 5.11. The first-order valence-electron chi connectivity index (χ1n) is 12.3. The van der Waals surface area contributed by atoms with Crippen LogP contribution in [-0.4, -0.2) is 107 Å². The molecule has 3 aromatic rings. The first-order valence-corrected chi connectivity index (χ1v) is 12.3. The fraction of sp³-hybridized carbons (Fsp3) is 0.423. The van der Waals surface area contributed by atoms with Crippen molar-refractivity contribution in [3.63, 3.8) is 0 Å². The Morgan fingerprint density at radius 3 is 2.08 bits per heavy atom. The third-order valence-electron chi connectivity index (χ3n) is 7.31. The average Bonchev–Trinajstić information content (AvgIpc) is 2.92. The Morgan fingerprint density at radius 2 is 1.43 bits per heavy atom. The van der Waals surface area contributed by atoms with E-state index in [1.54, 1.807) is 0 Å². The van der Waals surface area contributed by atoms with Crippen LogP contribution in [0.2, 0.25) is 0 Å². The lowest BCUT2D eigenvalue weighted by atomic mass is 9.85. The number of aliphatic hydroxyl groups is 7. The Kier molecular flexibility index (Phi) is 7.47. The second-order valence-electron chi connectivity index (χ2n) is 9.80. The summed E-state index contributed by atoms with van der Waals surface area (Å²) in [7, 11) is 0. The third-order valence-corrected chi connectivity index (χ3v) is 7.31. The molecule has 0 bridgehead atoms. The monoisotopic (exact) mass is 564 g/mol. The Balaban J connectivity index is 1.80. The van der Waals surface area contributed by atoms with Crippen molar-refractivity contribution in [1.82, 2.24) is 0 Å². The van der Waals surface area contributed by atoms with Gasteiger partial charge in [0.1, 0.15) is 83.3 Å². The number of ether oxygens (including phenoxy) is 2. The van der Waals surface area contributed by atoms with E-state index in [-0.39, 0.29) is 11.5 Å². The second kappa shape index (κ2) is 10.6. The van der Waals surface area contributed by atoms with Crippen LogP contribution in [0.5, 0.6) is 17.2 Å². The van der Waals surface area contributed by atoms with Crippen LogP contribution < -0.4 is 5.43 Å². The van der Waals surface area contributed by atoms with Crippen molar-refractivity contribution in [3.05, 3.63) is 51.7 Å². The number of rotatable bonds is 4. The molecule has 0 aliphatic carbocycles. The van der Waals surface area contributed by atoms with Crippen molar-refractivity contribution in [1.29, 1.82) is 0 Å².